The standard InChI is InChI=1S/C14H19N3O2/c1-4-15-8-12-7-10(2)5-6-14(12)18-9-13-11(3)16-19-17-13/h5-7,15H,4,8-9H2,1-3H3. The molecule has 0 aliphatic rings. The zero-order valence-electron chi connectivity index (χ0n) is 11.6. The molecule has 0 aliphatic carbocycles. The maximum Gasteiger partial charge on any atom is 0.145 e. The van der Waals surface area contributed by atoms with Gasteiger partial charge in [0.05, 0.1) is 0 Å². The van der Waals surface area contributed by atoms with Crippen molar-refractivity contribution in [2.24, 2.45) is 0 Å². The molecule has 0 saturated carbocycles. The zero-order valence-corrected chi connectivity index (χ0v) is 11.6. The Balaban J connectivity index is 2.08. The van der Waals surface area contributed by atoms with Crippen LogP contribution in [-0.4, -0.2) is 16.9 Å². The fourth-order valence-electron chi connectivity index (χ4n) is 1.77. The van der Waals surface area contributed by atoms with Gasteiger partial charge in [-0.25, -0.2) is 4.63 Å². The predicted octanol–water partition coefficient (Wildman–Crippen LogP) is 2.37. The van der Waals surface area contributed by atoms with Gasteiger partial charge in [0.2, 0.25) is 0 Å². The molecular weight excluding hydrogens is 242 g/mol. The first-order valence-electron chi connectivity index (χ1n) is 6.41. The molecule has 5 heteroatoms. The minimum atomic E-state index is 0.373. The second kappa shape index (κ2) is 6.33. The highest BCUT2D eigenvalue weighted by Crippen LogP contribution is 2.21. The summed E-state index contributed by atoms with van der Waals surface area (Å²) in [5.74, 6) is 0.869. The maximum atomic E-state index is 5.81. The lowest BCUT2D eigenvalue weighted by Crippen LogP contribution is -2.13. The summed E-state index contributed by atoms with van der Waals surface area (Å²) >= 11 is 0. The van der Waals surface area contributed by atoms with E-state index in [0.29, 0.717) is 6.61 Å². The van der Waals surface area contributed by atoms with Gasteiger partial charge in [-0.15, -0.1) is 0 Å². The first kappa shape index (κ1) is 13.5. The van der Waals surface area contributed by atoms with Crippen LogP contribution in [0.2, 0.25) is 0 Å². The Morgan fingerprint density at radius 2 is 2.11 bits per heavy atom. The highest BCUT2D eigenvalue weighted by atomic mass is 16.6. The summed E-state index contributed by atoms with van der Waals surface area (Å²) in [6.45, 7) is 8.11. The summed E-state index contributed by atoms with van der Waals surface area (Å²) in [5.41, 5.74) is 3.87. The monoisotopic (exact) mass is 261 g/mol. The highest BCUT2D eigenvalue weighted by Gasteiger charge is 2.08. The molecule has 0 spiro atoms. The summed E-state index contributed by atoms with van der Waals surface area (Å²) < 4.78 is 10.5. The van der Waals surface area contributed by atoms with Crippen LogP contribution in [0.4, 0.5) is 0 Å². The second-order valence-corrected chi connectivity index (χ2v) is 4.48. The molecule has 19 heavy (non-hydrogen) atoms. The van der Waals surface area contributed by atoms with E-state index in [1.165, 1.54) is 5.56 Å². The third kappa shape index (κ3) is 3.54. The number of nitrogens with zero attached hydrogens (tertiary/aromatic N) is 2. The second-order valence-electron chi connectivity index (χ2n) is 4.48. The van der Waals surface area contributed by atoms with Gasteiger partial charge in [-0.05, 0) is 26.5 Å². The van der Waals surface area contributed by atoms with Gasteiger partial charge in [0, 0.05) is 12.1 Å². The molecule has 0 saturated heterocycles. The number of nitrogens with one attached hydrogen (secondary N) is 1. The van der Waals surface area contributed by atoms with Crippen molar-refractivity contribution in [3.8, 4) is 5.75 Å². The van der Waals surface area contributed by atoms with Crippen molar-refractivity contribution in [3.05, 3.63) is 40.7 Å². The molecule has 1 N–H and O–H groups in total. The lowest BCUT2D eigenvalue weighted by Gasteiger charge is -2.12. The first-order valence-corrected chi connectivity index (χ1v) is 6.41. The van der Waals surface area contributed by atoms with E-state index in [1.54, 1.807) is 0 Å². The first-order chi connectivity index (χ1) is 9.20. The molecule has 0 aliphatic heterocycles. The lowest BCUT2D eigenvalue weighted by molar-refractivity contribution is 0.268. The van der Waals surface area contributed by atoms with Crippen LogP contribution in [0.25, 0.3) is 0 Å². The fourth-order valence-corrected chi connectivity index (χ4v) is 1.77. The third-order valence-electron chi connectivity index (χ3n) is 2.89. The van der Waals surface area contributed by atoms with Crippen LogP contribution in [0.3, 0.4) is 0 Å². The molecule has 0 unspecified atom stereocenters. The van der Waals surface area contributed by atoms with Gasteiger partial charge in [-0.1, -0.05) is 34.9 Å². The third-order valence-corrected chi connectivity index (χ3v) is 2.89. The molecule has 102 valence electrons. The van der Waals surface area contributed by atoms with Crippen molar-refractivity contribution >= 4 is 0 Å². The number of benzene rings is 1. The molecule has 1 aromatic heterocycles. The van der Waals surface area contributed by atoms with E-state index in [0.717, 1.165) is 35.8 Å². The molecule has 1 heterocycles. The summed E-state index contributed by atoms with van der Waals surface area (Å²) in [7, 11) is 0. The van der Waals surface area contributed by atoms with Crippen LogP contribution in [0.15, 0.2) is 22.8 Å². The van der Waals surface area contributed by atoms with Crippen molar-refractivity contribution in [2.45, 2.75) is 33.9 Å². The van der Waals surface area contributed by atoms with Crippen molar-refractivity contribution in [1.82, 2.24) is 15.6 Å². The number of aromatic nitrogens is 2. The molecule has 0 amide bonds. The fraction of sp³-hybridized carbons (Fsp3) is 0.429. The largest absolute Gasteiger partial charge is 0.487 e. The maximum absolute atomic E-state index is 5.81. The number of ether oxygens (including phenoxy) is 1. The highest BCUT2D eigenvalue weighted by molar-refractivity contribution is 5.37. The van der Waals surface area contributed by atoms with E-state index in [9.17, 15) is 0 Å². The molecule has 5 nitrogen and oxygen atoms in total. The summed E-state index contributed by atoms with van der Waals surface area (Å²) in [6, 6.07) is 6.16. The van der Waals surface area contributed by atoms with Gasteiger partial charge in [0.25, 0.3) is 0 Å². The smallest absolute Gasteiger partial charge is 0.145 e. The van der Waals surface area contributed by atoms with Crippen molar-refractivity contribution < 1.29 is 9.37 Å². The Hall–Kier alpha value is -1.88. The Morgan fingerprint density at radius 1 is 1.26 bits per heavy atom. The van der Waals surface area contributed by atoms with Gasteiger partial charge in [0.15, 0.2) is 0 Å². The van der Waals surface area contributed by atoms with Crippen molar-refractivity contribution in [2.75, 3.05) is 6.54 Å². The van der Waals surface area contributed by atoms with E-state index in [4.69, 9.17) is 4.74 Å². The Kier molecular flexibility index (Phi) is 4.52. The van der Waals surface area contributed by atoms with Crippen LogP contribution < -0.4 is 10.1 Å². The molecule has 2 aromatic rings. The van der Waals surface area contributed by atoms with Crippen LogP contribution >= 0.6 is 0 Å². The average molecular weight is 261 g/mol. The van der Waals surface area contributed by atoms with Crippen LogP contribution in [0, 0.1) is 13.8 Å². The summed E-state index contributed by atoms with van der Waals surface area (Å²) in [5, 5.41) is 10.9. The molecule has 0 fully saturated rings. The topological polar surface area (TPSA) is 60.2 Å². The van der Waals surface area contributed by atoms with E-state index in [2.05, 4.69) is 40.2 Å². The molecule has 1 aromatic carbocycles. The van der Waals surface area contributed by atoms with E-state index in [-0.39, 0.29) is 0 Å². The Bertz CT molecular complexity index is 537. The minimum Gasteiger partial charge on any atom is -0.487 e. The van der Waals surface area contributed by atoms with Gasteiger partial charge in [0.1, 0.15) is 23.7 Å². The lowest BCUT2D eigenvalue weighted by atomic mass is 10.1. The number of hydrogen-bond acceptors (Lipinski definition) is 5. The zero-order chi connectivity index (χ0) is 13.7. The van der Waals surface area contributed by atoms with Gasteiger partial charge >= 0.3 is 0 Å². The molecule has 0 bridgehead atoms. The molecule has 0 radical (unpaired) electrons. The number of rotatable bonds is 6. The van der Waals surface area contributed by atoms with E-state index < -0.39 is 0 Å². The summed E-state index contributed by atoms with van der Waals surface area (Å²) in [4.78, 5) is 0. The Morgan fingerprint density at radius 3 is 2.79 bits per heavy atom. The quantitative estimate of drug-likeness (QED) is 0.865. The summed E-state index contributed by atoms with van der Waals surface area (Å²) in [6.07, 6.45) is 0. The van der Waals surface area contributed by atoms with E-state index in [1.807, 2.05) is 19.1 Å². The van der Waals surface area contributed by atoms with Gasteiger partial charge in [-0.3, -0.25) is 0 Å². The van der Waals surface area contributed by atoms with Crippen LogP contribution in [0.5, 0.6) is 5.75 Å². The van der Waals surface area contributed by atoms with Gasteiger partial charge in [-0.2, -0.15) is 0 Å². The minimum absolute atomic E-state index is 0.373. The van der Waals surface area contributed by atoms with Crippen LogP contribution in [-0.2, 0) is 13.2 Å². The van der Waals surface area contributed by atoms with E-state index >= 15 is 0 Å². The number of hydrogen-bond donors (Lipinski definition) is 1. The molecular formula is C14H19N3O2. The Labute approximate surface area is 112 Å². The predicted molar refractivity (Wildman–Crippen MR) is 71.9 cm³/mol. The molecule has 0 atom stereocenters. The number of aryl methyl sites for hydroxylation is 2. The van der Waals surface area contributed by atoms with Gasteiger partial charge < -0.3 is 10.1 Å². The normalized spacial score (nSPS) is 10.7. The van der Waals surface area contributed by atoms with Crippen molar-refractivity contribution in [1.29, 1.82) is 0 Å². The average Bonchev–Trinajstić information content (AvgIpc) is 2.81. The van der Waals surface area contributed by atoms with Crippen molar-refractivity contribution in [3.63, 3.8) is 0 Å². The molecule has 2 rings (SSSR count). The van der Waals surface area contributed by atoms with Crippen LogP contribution in [0.1, 0.15) is 29.4 Å². The SMILES string of the molecule is CCNCc1cc(C)ccc1OCc1nonc1C.